The van der Waals surface area contributed by atoms with Gasteiger partial charge in [-0.05, 0) is 90.2 Å². The summed E-state index contributed by atoms with van der Waals surface area (Å²) < 4.78 is 11.7. The van der Waals surface area contributed by atoms with Gasteiger partial charge in [-0.2, -0.15) is 0 Å². The van der Waals surface area contributed by atoms with Gasteiger partial charge in [0.05, 0.1) is 12.8 Å². The molecular weight excluding hydrogens is 562 g/mol. The predicted molar refractivity (Wildman–Crippen MR) is 170 cm³/mol. The fraction of sp³-hybridized carbons (Fsp3) is 0.257. The summed E-state index contributed by atoms with van der Waals surface area (Å²) in [7, 11) is 0. The maximum absolute atomic E-state index is 12.9. The van der Waals surface area contributed by atoms with Gasteiger partial charge in [-0.15, -0.1) is 0 Å². The van der Waals surface area contributed by atoms with Crippen molar-refractivity contribution in [2.75, 3.05) is 32.8 Å². The molecule has 43 heavy (non-hydrogen) atoms. The van der Waals surface area contributed by atoms with Crippen LogP contribution in [0.25, 0.3) is 6.08 Å². The van der Waals surface area contributed by atoms with Gasteiger partial charge < -0.3 is 19.5 Å². The number of carbonyl (C=O) groups is 1. The van der Waals surface area contributed by atoms with Crippen molar-refractivity contribution in [2.24, 2.45) is 0 Å². The highest BCUT2D eigenvalue weighted by molar-refractivity contribution is 6.30. The standard InChI is InChI=1S/C35H36ClN3O4/c1-25-21-29(22-26(2)35(25)43-33-13-10-31(40)23-37-33)7-14-34(41)39-18-16-38(17-19-39)24-28-5-3-27(4-6-28)15-20-42-32-11-8-30(36)9-12-32/h3-14,21-23,40H,15-20,24H2,1-2H3/b14-7+. The molecule has 1 amide bonds. The largest absolute Gasteiger partial charge is 0.506 e. The Bertz CT molecular complexity index is 1520. The second-order valence-corrected chi connectivity index (χ2v) is 11.2. The van der Waals surface area contributed by atoms with E-state index in [-0.39, 0.29) is 11.7 Å². The first-order valence-electron chi connectivity index (χ1n) is 14.4. The Kier molecular flexibility index (Phi) is 9.97. The highest BCUT2D eigenvalue weighted by Gasteiger charge is 2.20. The van der Waals surface area contributed by atoms with Crippen LogP contribution >= 0.6 is 11.6 Å². The van der Waals surface area contributed by atoms with E-state index in [1.165, 1.54) is 23.4 Å². The summed E-state index contributed by atoms with van der Waals surface area (Å²) in [4.78, 5) is 21.3. The number of benzene rings is 3. The van der Waals surface area contributed by atoms with Crippen LogP contribution < -0.4 is 9.47 Å². The lowest BCUT2D eigenvalue weighted by Gasteiger charge is -2.34. The van der Waals surface area contributed by atoms with Gasteiger partial charge in [0.2, 0.25) is 11.8 Å². The molecule has 2 heterocycles. The van der Waals surface area contributed by atoms with Crippen LogP contribution in [-0.4, -0.2) is 58.6 Å². The van der Waals surface area contributed by atoms with Crippen molar-refractivity contribution in [3.63, 3.8) is 0 Å². The van der Waals surface area contributed by atoms with Crippen molar-refractivity contribution in [3.05, 3.63) is 118 Å². The molecule has 1 fully saturated rings. The number of ether oxygens (including phenoxy) is 2. The van der Waals surface area contributed by atoms with Crippen LogP contribution in [0, 0.1) is 13.8 Å². The minimum atomic E-state index is 0.0220. The van der Waals surface area contributed by atoms with E-state index >= 15 is 0 Å². The van der Waals surface area contributed by atoms with Gasteiger partial charge in [0.1, 0.15) is 17.2 Å². The molecule has 0 aliphatic carbocycles. The fourth-order valence-electron chi connectivity index (χ4n) is 5.06. The first-order chi connectivity index (χ1) is 20.8. The first kappa shape index (κ1) is 30.1. The number of halogens is 1. The summed E-state index contributed by atoms with van der Waals surface area (Å²) in [5.74, 6) is 2.06. The van der Waals surface area contributed by atoms with Gasteiger partial charge in [-0.3, -0.25) is 9.69 Å². The molecule has 0 radical (unpaired) electrons. The van der Waals surface area contributed by atoms with E-state index in [0.29, 0.717) is 30.6 Å². The van der Waals surface area contributed by atoms with Crippen LogP contribution in [-0.2, 0) is 17.8 Å². The molecule has 1 aliphatic rings. The second kappa shape index (κ2) is 14.2. The lowest BCUT2D eigenvalue weighted by Crippen LogP contribution is -2.47. The topological polar surface area (TPSA) is 75.1 Å². The monoisotopic (exact) mass is 597 g/mol. The molecule has 7 nitrogen and oxygen atoms in total. The molecule has 0 unspecified atom stereocenters. The van der Waals surface area contributed by atoms with E-state index in [1.54, 1.807) is 12.1 Å². The van der Waals surface area contributed by atoms with Crippen molar-refractivity contribution in [1.29, 1.82) is 0 Å². The number of hydrogen-bond acceptors (Lipinski definition) is 6. The Hall–Kier alpha value is -4.33. The zero-order chi connectivity index (χ0) is 30.2. The highest BCUT2D eigenvalue weighted by Crippen LogP contribution is 2.30. The van der Waals surface area contributed by atoms with Crippen LogP contribution in [0.1, 0.15) is 27.8 Å². The third-order valence-electron chi connectivity index (χ3n) is 7.41. The minimum absolute atomic E-state index is 0.0220. The average Bonchev–Trinajstić information content (AvgIpc) is 3.01. The van der Waals surface area contributed by atoms with E-state index in [2.05, 4.69) is 34.1 Å². The molecule has 0 saturated carbocycles. The predicted octanol–water partition coefficient (Wildman–Crippen LogP) is 6.83. The molecule has 8 heteroatoms. The van der Waals surface area contributed by atoms with Crippen LogP contribution in [0.5, 0.6) is 23.1 Å². The van der Waals surface area contributed by atoms with Gasteiger partial charge in [0.25, 0.3) is 0 Å². The van der Waals surface area contributed by atoms with Gasteiger partial charge >= 0.3 is 0 Å². The number of rotatable bonds is 10. The maximum Gasteiger partial charge on any atom is 0.246 e. The number of pyridine rings is 1. The Morgan fingerprint density at radius 1 is 0.930 bits per heavy atom. The third-order valence-corrected chi connectivity index (χ3v) is 7.67. The number of aryl methyl sites for hydroxylation is 2. The number of aromatic nitrogens is 1. The number of amides is 1. The van der Waals surface area contributed by atoms with Crippen molar-refractivity contribution in [2.45, 2.75) is 26.8 Å². The van der Waals surface area contributed by atoms with Gasteiger partial charge in [-0.1, -0.05) is 35.9 Å². The molecule has 0 bridgehead atoms. The molecule has 5 rings (SSSR count). The summed E-state index contributed by atoms with van der Waals surface area (Å²) in [6.45, 7) is 8.49. The maximum atomic E-state index is 12.9. The fourth-order valence-corrected chi connectivity index (χ4v) is 5.19. The van der Waals surface area contributed by atoms with Crippen molar-refractivity contribution in [3.8, 4) is 23.1 Å². The molecule has 1 N–H and O–H groups in total. The lowest BCUT2D eigenvalue weighted by molar-refractivity contribution is -0.127. The number of nitrogens with zero attached hydrogens (tertiary/aromatic N) is 3. The normalized spacial score (nSPS) is 13.8. The van der Waals surface area contributed by atoms with E-state index in [4.69, 9.17) is 21.1 Å². The molecule has 1 aromatic heterocycles. The Balaban J connectivity index is 1.06. The number of carbonyl (C=O) groups excluding carboxylic acids is 1. The molecule has 0 atom stereocenters. The first-order valence-corrected chi connectivity index (χ1v) is 14.8. The molecular formula is C35H36ClN3O4. The number of hydrogen-bond donors (Lipinski definition) is 1. The summed E-state index contributed by atoms with van der Waals surface area (Å²) in [5, 5.41) is 10.1. The van der Waals surface area contributed by atoms with Gasteiger partial charge in [0.15, 0.2) is 0 Å². The zero-order valence-electron chi connectivity index (χ0n) is 24.5. The van der Waals surface area contributed by atoms with Crippen LogP contribution in [0.2, 0.25) is 5.02 Å². The molecule has 0 spiro atoms. The highest BCUT2D eigenvalue weighted by atomic mass is 35.5. The number of aromatic hydroxyl groups is 1. The second-order valence-electron chi connectivity index (χ2n) is 10.7. The van der Waals surface area contributed by atoms with E-state index in [1.807, 2.05) is 61.2 Å². The van der Waals surface area contributed by atoms with Crippen molar-refractivity contribution >= 4 is 23.6 Å². The van der Waals surface area contributed by atoms with Crippen LogP contribution in [0.4, 0.5) is 0 Å². The quantitative estimate of drug-likeness (QED) is 0.202. The summed E-state index contributed by atoms with van der Waals surface area (Å²) in [6, 6.07) is 23.2. The van der Waals surface area contributed by atoms with Crippen LogP contribution in [0.15, 0.2) is 85.1 Å². The third kappa shape index (κ3) is 8.60. The van der Waals surface area contributed by atoms with Crippen LogP contribution in [0.3, 0.4) is 0 Å². The molecule has 3 aromatic carbocycles. The summed E-state index contributed by atoms with van der Waals surface area (Å²) in [5.41, 5.74) is 5.32. The molecule has 222 valence electrons. The lowest BCUT2D eigenvalue weighted by atomic mass is 10.1. The van der Waals surface area contributed by atoms with E-state index in [9.17, 15) is 9.90 Å². The average molecular weight is 598 g/mol. The van der Waals surface area contributed by atoms with Gasteiger partial charge in [-0.25, -0.2) is 4.98 Å². The van der Waals surface area contributed by atoms with E-state index < -0.39 is 0 Å². The zero-order valence-corrected chi connectivity index (χ0v) is 25.3. The Labute approximate surface area is 258 Å². The molecule has 1 saturated heterocycles. The minimum Gasteiger partial charge on any atom is -0.506 e. The van der Waals surface area contributed by atoms with Crippen molar-refractivity contribution < 1.29 is 19.4 Å². The summed E-state index contributed by atoms with van der Waals surface area (Å²) in [6.07, 6.45) is 5.70. The Morgan fingerprint density at radius 2 is 1.60 bits per heavy atom. The smallest absolute Gasteiger partial charge is 0.246 e. The molecule has 1 aliphatic heterocycles. The van der Waals surface area contributed by atoms with E-state index in [0.717, 1.165) is 54.2 Å². The summed E-state index contributed by atoms with van der Waals surface area (Å²) >= 11 is 5.93. The molecule has 4 aromatic rings. The van der Waals surface area contributed by atoms with Crippen molar-refractivity contribution in [1.82, 2.24) is 14.8 Å². The SMILES string of the molecule is Cc1cc(/C=C/C(=O)N2CCN(Cc3ccc(CCOc4ccc(Cl)cc4)cc3)CC2)cc(C)c1Oc1ccc(O)cn1. The Morgan fingerprint density at radius 3 is 2.26 bits per heavy atom. The van der Waals surface area contributed by atoms with Gasteiger partial charge in [0, 0.05) is 56.3 Å². The number of piperazine rings is 1.